The second-order valence-electron chi connectivity index (χ2n) is 4.19. The third kappa shape index (κ3) is 2.39. The minimum Gasteiger partial charge on any atom is -0.271 e. The van der Waals surface area contributed by atoms with E-state index in [2.05, 4.69) is 48.7 Å². The third-order valence-corrected chi connectivity index (χ3v) is 3.99. The van der Waals surface area contributed by atoms with E-state index >= 15 is 0 Å². The Bertz CT molecular complexity index is 531. The molecular weight excluding hydrogens is 230 g/mol. The molecule has 0 bridgehead atoms. The Labute approximate surface area is 106 Å². The van der Waals surface area contributed by atoms with Crippen LogP contribution in [0.15, 0.2) is 17.5 Å². The van der Waals surface area contributed by atoms with E-state index in [1.807, 2.05) is 0 Å². The summed E-state index contributed by atoms with van der Waals surface area (Å²) in [5.74, 6) is 5.30. The first kappa shape index (κ1) is 12.2. The highest BCUT2D eigenvalue weighted by atomic mass is 32.1. The number of aryl methyl sites for hydroxylation is 1. The fourth-order valence-electron chi connectivity index (χ4n) is 1.84. The molecular formula is C13H17N3S. The van der Waals surface area contributed by atoms with Crippen LogP contribution in [0.4, 0.5) is 0 Å². The van der Waals surface area contributed by atoms with Crippen molar-refractivity contribution in [1.29, 1.82) is 0 Å². The molecule has 0 atom stereocenters. The molecule has 2 rings (SSSR count). The molecule has 0 radical (unpaired) electrons. The van der Waals surface area contributed by atoms with E-state index < -0.39 is 0 Å². The van der Waals surface area contributed by atoms with Crippen LogP contribution in [0.1, 0.15) is 21.7 Å². The average Bonchev–Trinajstić information content (AvgIpc) is 2.75. The molecule has 90 valence electrons. The first-order valence-electron chi connectivity index (χ1n) is 5.58. The average molecular weight is 247 g/mol. The van der Waals surface area contributed by atoms with Crippen LogP contribution in [0, 0.1) is 20.8 Å². The van der Waals surface area contributed by atoms with E-state index in [0.29, 0.717) is 6.54 Å². The summed E-state index contributed by atoms with van der Waals surface area (Å²) < 4.78 is 0. The largest absolute Gasteiger partial charge is 0.271 e. The summed E-state index contributed by atoms with van der Waals surface area (Å²) in [6.07, 6.45) is 0. The highest BCUT2D eigenvalue weighted by Gasteiger charge is 2.09. The second-order valence-corrected chi connectivity index (χ2v) is 5.13. The van der Waals surface area contributed by atoms with Crippen LogP contribution < -0.4 is 11.3 Å². The summed E-state index contributed by atoms with van der Waals surface area (Å²) >= 11 is 1.63. The maximum Gasteiger partial charge on any atom is 0.108 e. The summed E-state index contributed by atoms with van der Waals surface area (Å²) in [6.45, 7) is 7.06. The third-order valence-electron chi connectivity index (χ3n) is 3.14. The van der Waals surface area contributed by atoms with Crippen LogP contribution in [0.2, 0.25) is 0 Å². The Morgan fingerprint density at radius 3 is 2.71 bits per heavy atom. The molecule has 1 aromatic carbocycles. The van der Waals surface area contributed by atoms with Crippen LogP contribution in [0.3, 0.4) is 0 Å². The van der Waals surface area contributed by atoms with Crippen molar-refractivity contribution in [3.63, 3.8) is 0 Å². The smallest absolute Gasteiger partial charge is 0.108 e. The van der Waals surface area contributed by atoms with Gasteiger partial charge >= 0.3 is 0 Å². The number of aromatic nitrogens is 1. The summed E-state index contributed by atoms with van der Waals surface area (Å²) in [6, 6.07) is 4.30. The number of hydrazine groups is 1. The number of nitrogens with zero attached hydrogens (tertiary/aromatic N) is 1. The van der Waals surface area contributed by atoms with Crippen LogP contribution in [0.25, 0.3) is 11.3 Å². The molecule has 4 heteroatoms. The maximum atomic E-state index is 5.30. The van der Waals surface area contributed by atoms with Crippen molar-refractivity contribution in [2.45, 2.75) is 27.3 Å². The van der Waals surface area contributed by atoms with E-state index in [1.54, 1.807) is 11.3 Å². The normalized spacial score (nSPS) is 10.8. The zero-order valence-corrected chi connectivity index (χ0v) is 11.2. The Balaban J connectivity index is 2.42. The van der Waals surface area contributed by atoms with E-state index in [1.165, 1.54) is 22.3 Å². The van der Waals surface area contributed by atoms with Gasteiger partial charge in [-0.05, 0) is 37.5 Å². The maximum absolute atomic E-state index is 5.30. The summed E-state index contributed by atoms with van der Waals surface area (Å²) in [4.78, 5) is 4.58. The molecule has 0 unspecified atom stereocenters. The van der Waals surface area contributed by atoms with E-state index in [9.17, 15) is 0 Å². The number of hydrogen-bond donors (Lipinski definition) is 2. The predicted molar refractivity (Wildman–Crippen MR) is 72.8 cm³/mol. The molecule has 0 aliphatic heterocycles. The van der Waals surface area contributed by atoms with Gasteiger partial charge in [0.2, 0.25) is 0 Å². The highest BCUT2D eigenvalue weighted by molar-refractivity contribution is 7.09. The minimum absolute atomic E-state index is 0.620. The molecule has 2 aromatic rings. The molecule has 0 saturated heterocycles. The second kappa shape index (κ2) is 4.96. The SMILES string of the molecule is Cc1ccc(-c2csc(CNN)n2)c(C)c1C. The zero-order valence-electron chi connectivity index (χ0n) is 10.4. The molecule has 1 heterocycles. The van der Waals surface area contributed by atoms with Crippen molar-refractivity contribution >= 4 is 11.3 Å². The number of hydrogen-bond acceptors (Lipinski definition) is 4. The van der Waals surface area contributed by atoms with Gasteiger partial charge in [-0.3, -0.25) is 11.3 Å². The van der Waals surface area contributed by atoms with Crippen molar-refractivity contribution in [2.75, 3.05) is 0 Å². The monoisotopic (exact) mass is 247 g/mol. The molecule has 17 heavy (non-hydrogen) atoms. The first-order chi connectivity index (χ1) is 8.13. The standard InChI is InChI=1S/C13H17N3S/c1-8-4-5-11(10(3)9(8)2)12-7-17-13(16-12)6-15-14/h4-5,7,15H,6,14H2,1-3H3. The van der Waals surface area contributed by atoms with Gasteiger partial charge in [0, 0.05) is 10.9 Å². The van der Waals surface area contributed by atoms with Crippen molar-refractivity contribution in [3.05, 3.63) is 39.2 Å². The molecule has 0 aliphatic carbocycles. The Morgan fingerprint density at radius 1 is 1.24 bits per heavy atom. The number of nitrogens with two attached hydrogens (primary N) is 1. The van der Waals surface area contributed by atoms with E-state index in [4.69, 9.17) is 5.84 Å². The lowest BCUT2D eigenvalue weighted by Crippen LogP contribution is -2.20. The fourth-order valence-corrected chi connectivity index (χ4v) is 2.58. The molecule has 1 aromatic heterocycles. The van der Waals surface area contributed by atoms with Crippen LogP contribution in [0.5, 0.6) is 0 Å². The number of thiazole rings is 1. The van der Waals surface area contributed by atoms with Crippen molar-refractivity contribution in [1.82, 2.24) is 10.4 Å². The lowest BCUT2D eigenvalue weighted by Gasteiger charge is -2.09. The topological polar surface area (TPSA) is 50.9 Å². The predicted octanol–water partition coefficient (Wildman–Crippen LogP) is 2.70. The highest BCUT2D eigenvalue weighted by Crippen LogP contribution is 2.28. The van der Waals surface area contributed by atoms with Gasteiger partial charge in [0.1, 0.15) is 5.01 Å². The summed E-state index contributed by atoms with van der Waals surface area (Å²) in [5.41, 5.74) is 8.86. The number of benzene rings is 1. The number of nitrogens with one attached hydrogen (secondary N) is 1. The minimum atomic E-state index is 0.620. The Kier molecular flexibility index (Phi) is 3.57. The van der Waals surface area contributed by atoms with Gasteiger partial charge in [-0.1, -0.05) is 12.1 Å². The molecule has 0 spiro atoms. The van der Waals surface area contributed by atoms with Gasteiger partial charge < -0.3 is 0 Å². The Morgan fingerprint density at radius 2 is 2.00 bits per heavy atom. The summed E-state index contributed by atoms with van der Waals surface area (Å²) in [5, 5.41) is 3.10. The first-order valence-corrected chi connectivity index (χ1v) is 6.46. The number of rotatable bonds is 3. The summed E-state index contributed by atoms with van der Waals surface area (Å²) in [7, 11) is 0. The van der Waals surface area contributed by atoms with Gasteiger partial charge in [-0.25, -0.2) is 4.98 Å². The van der Waals surface area contributed by atoms with E-state index in [-0.39, 0.29) is 0 Å². The van der Waals surface area contributed by atoms with Gasteiger partial charge in [0.05, 0.1) is 12.2 Å². The fraction of sp³-hybridized carbons (Fsp3) is 0.308. The quantitative estimate of drug-likeness (QED) is 0.647. The van der Waals surface area contributed by atoms with Gasteiger partial charge in [-0.15, -0.1) is 11.3 Å². The lowest BCUT2D eigenvalue weighted by molar-refractivity contribution is 0.737. The van der Waals surface area contributed by atoms with Crippen molar-refractivity contribution in [3.8, 4) is 11.3 Å². The van der Waals surface area contributed by atoms with Crippen LogP contribution >= 0.6 is 11.3 Å². The Hall–Kier alpha value is -1.23. The van der Waals surface area contributed by atoms with Gasteiger partial charge in [0.25, 0.3) is 0 Å². The zero-order chi connectivity index (χ0) is 12.4. The van der Waals surface area contributed by atoms with Crippen molar-refractivity contribution < 1.29 is 0 Å². The van der Waals surface area contributed by atoms with E-state index in [0.717, 1.165) is 10.7 Å². The van der Waals surface area contributed by atoms with Gasteiger partial charge in [-0.2, -0.15) is 0 Å². The lowest BCUT2D eigenvalue weighted by atomic mass is 9.97. The molecule has 0 amide bonds. The van der Waals surface area contributed by atoms with Crippen LogP contribution in [-0.2, 0) is 6.54 Å². The molecule has 0 aliphatic rings. The molecule has 3 nitrogen and oxygen atoms in total. The van der Waals surface area contributed by atoms with Crippen molar-refractivity contribution in [2.24, 2.45) is 5.84 Å². The van der Waals surface area contributed by atoms with Gasteiger partial charge in [0.15, 0.2) is 0 Å². The molecule has 0 fully saturated rings. The molecule has 0 saturated carbocycles. The van der Waals surface area contributed by atoms with Crippen LogP contribution in [-0.4, -0.2) is 4.98 Å². The molecule has 3 N–H and O–H groups in total.